The van der Waals surface area contributed by atoms with Crippen LogP contribution in [0.25, 0.3) is 0 Å². The Labute approximate surface area is 95.2 Å². The zero-order valence-corrected chi connectivity index (χ0v) is 10.3. The Morgan fingerprint density at radius 2 is 1.93 bits per heavy atom. The summed E-state index contributed by atoms with van der Waals surface area (Å²) >= 11 is 7.88. The van der Waals surface area contributed by atoms with Crippen LogP contribution in [0.15, 0.2) is 29.2 Å². The van der Waals surface area contributed by atoms with E-state index in [0.717, 1.165) is 9.92 Å². The quantitative estimate of drug-likeness (QED) is 0.794. The van der Waals surface area contributed by atoms with Crippen molar-refractivity contribution >= 4 is 23.4 Å². The molecule has 0 amide bonds. The second-order valence-electron chi connectivity index (χ2n) is 3.33. The molecule has 1 nitrogen and oxygen atoms in total. The molecule has 0 saturated heterocycles. The Morgan fingerprint density at radius 1 is 1.29 bits per heavy atom. The van der Waals surface area contributed by atoms with Crippen LogP contribution in [-0.4, -0.2) is 18.3 Å². The lowest BCUT2D eigenvalue weighted by molar-refractivity contribution is 0.605. The van der Waals surface area contributed by atoms with Gasteiger partial charge in [-0.15, -0.1) is 11.8 Å². The molecule has 0 spiro atoms. The molecule has 2 unspecified atom stereocenters. The molecular weight excluding hydrogens is 214 g/mol. The molecule has 0 radical (unpaired) electrons. The first kappa shape index (κ1) is 11.9. The highest BCUT2D eigenvalue weighted by molar-refractivity contribution is 8.00. The van der Waals surface area contributed by atoms with Crippen LogP contribution in [0, 0.1) is 0 Å². The molecule has 1 N–H and O–H groups in total. The van der Waals surface area contributed by atoms with Crippen LogP contribution < -0.4 is 5.32 Å². The Hall–Kier alpha value is -0.180. The van der Waals surface area contributed by atoms with E-state index in [1.807, 2.05) is 37.0 Å². The van der Waals surface area contributed by atoms with Crippen molar-refractivity contribution in [1.82, 2.24) is 5.32 Å². The molecule has 1 aromatic rings. The third kappa shape index (κ3) is 3.19. The van der Waals surface area contributed by atoms with Gasteiger partial charge in [-0.25, -0.2) is 0 Å². The standard InChI is InChI=1S/C11H16ClNS/c1-8(13-3)9(2)14-11-7-5-4-6-10(11)12/h4-9,13H,1-3H3. The fraction of sp³-hybridized carbons (Fsp3) is 0.455. The topological polar surface area (TPSA) is 12.0 Å². The average Bonchev–Trinajstić information content (AvgIpc) is 2.20. The van der Waals surface area contributed by atoms with Gasteiger partial charge in [0.1, 0.15) is 0 Å². The van der Waals surface area contributed by atoms with Gasteiger partial charge in [-0.3, -0.25) is 0 Å². The third-order valence-electron chi connectivity index (χ3n) is 2.31. The van der Waals surface area contributed by atoms with E-state index >= 15 is 0 Å². The summed E-state index contributed by atoms with van der Waals surface area (Å²) in [6, 6.07) is 8.45. The molecule has 3 heteroatoms. The Kier molecular flexibility index (Phi) is 4.79. The van der Waals surface area contributed by atoms with Gasteiger partial charge < -0.3 is 5.32 Å². The van der Waals surface area contributed by atoms with Crippen molar-refractivity contribution in [1.29, 1.82) is 0 Å². The number of nitrogens with one attached hydrogen (secondary N) is 1. The van der Waals surface area contributed by atoms with Crippen LogP contribution in [0.4, 0.5) is 0 Å². The molecule has 1 aromatic carbocycles. The van der Waals surface area contributed by atoms with E-state index < -0.39 is 0 Å². The van der Waals surface area contributed by atoms with Gasteiger partial charge in [-0.05, 0) is 26.1 Å². The Morgan fingerprint density at radius 3 is 2.50 bits per heavy atom. The molecule has 1 rings (SSSR count). The summed E-state index contributed by atoms with van der Waals surface area (Å²) in [6.45, 7) is 4.38. The van der Waals surface area contributed by atoms with Gasteiger partial charge in [0.25, 0.3) is 0 Å². The highest BCUT2D eigenvalue weighted by Gasteiger charge is 2.12. The second-order valence-corrected chi connectivity index (χ2v) is 5.16. The highest BCUT2D eigenvalue weighted by atomic mass is 35.5. The van der Waals surface area contributed by atoms with Gasteiger partial charge in [-0.2, -0.15) is 0 Å². The van der Waals surface area contributed by atoms with E-state index in [9.17, 15) is 0 Å². The minimum absolute atomic E-state index is 0.483. The van der Waals surface area contributed by atoms with Gasteiger partial charge in [0.05, 0.1) is 5.02 Å². The molecule has 0 aliphatic carbocycles. The number of hydrogen-bond acceptors (Lipinski definition) is 2. The van der Waals surface area contributed by atoms with E-state index in [1.165, 1.54) is 0 Å². The minimum atomic E-state index is 0.483. The normalized spacial score (nSPS) is 15.1. The van der Waals surface area contributed by atoms with Crippen molar-refractivity contribution in [2.24, 2.45) is 0 Å². The first-order chi connectivity index (χ1) is 6.65. The Balaban J connectivity index is 2.64. The minimum Gasteiger partial charge on any atom is -0.316 e. The van der Waals surface area contributed by atoms with E-state index in [-0.39, 0.29) is 0 Å². The molecule has 78 valence electrons. The summed E-state index contributed by atoms with van der Waals surface area (Å²) in [5.74, 6) is 0. The summed E-state index contributed by atoms with van der Waals surface area (Å²) in [5.41, 5.74) is 0. The summed E-state index contributed by atoms with van der Waals surface area (Å²) in [7, 11) is 1.98. The van der Waals surface area contributed by atoms with Crippen LogP contribution >= 0.6 is 23.4 Å². The molecule has 0 aliphatic rings. The van der Waals surface area contributed by atoms with Crippen LogP contribution in [0.1, 0.15) is 13.8 Å². The average molecular weight is 230 g/mol. The van der Waals surface area contributed by atoms with Crippen molar-refractivity contribution in [3.8, 4) is 0 Å². The molecule has 2 atom stereocenters. The summed E-state index contributed by atoms with van der Waals surface area (Å²) in [6.07, 6.45) is 0. The molecule has 0 aliphatic heterocycles. The summed E-state index contributed by atoms with van der Waals surface area (Å²) in [5, 5.41) is 4.59. The summed E-state index contributed by atoms with van der Waals surface area (Å²) in [4.78, 5) is 1.16. The maximum Gasteiger partial charge on any atom is 0.0541 e. The van der Waals surface area contributed by atoms with Crippen LogP contribution in [-0.2, 0) is 0 Å². The second kappa shape index (κ2) is 5.64. The van der Waals surface area contributed by atoms with Gasteiger partial charge in [0, 0.05) is 16.2 Å². The first-order valence-electron chi connectivity index (χ1n) is 4.73. The van der Waals surface area contributed by atoms with E-state index in [1.54, 1.807) is 0 Å². The van der Waals surface area contributed by atoms with Gasteiger partial charge in [0.2, 0.25) is 0 Å². The highest BCUT2D eigenvalue weighted by Crippen LogP contribution is 2.30. The largest absolute Gasteiger partial charge is 0.316 e. The van der Waals surface area contributed by atoms with E-state index in [2.05, 4.69) is 25.2 Å². The molecule has 0 bridgehead atoms. The molecular formula is C11H16ClNS. The van der Waals surface area contributed by atoms with Crippen molar-refractivity contribution in [3.05, 3.63) is 29.3 Å². The maximum atomic E-state index is 6.07. The number of rotatable bonds is 4. The van der Waals surface area contributed by atoms with Crippen molar-refractivity contribution in [3.63, 3.8) is 0 Å². The zero-order chi connectivity index (χ0) is 10.6. The van der Waals surface area contributed by atoms with Crippen molar-refractivity contribution in [2.75, 3.05) is 7.05 Å². The first-order valence-corrected chi connectivity index (χ1v) is 5.99. The summed E-state index contributed by atoms with van der Waals surface area (Å²) < 4.78 is 0. The van der Waals surface area contributed by atoms with Crippen LogP contribution in [0.3, 0.4) is 0 Å². The molecule has 0 aromatic heterocycles. The Bertz CT molecular complexity index is 290. The fourth-order valence-electron chi connectivity index (χ4n) is 1.08. The number of benzene rings is 1. The zero-order valence-electron chi connectivity index (χ0n) is 8.75. The number of halogens is 1. The molecule has 14 heavy (non-hydrogen) atoms. The lowest BCUT2D eigenvalue weighted by atomic mass is 10.3. The van der Waals surface area contributed by atoms with E-state index in [4.69, 9.17) is 11.6 Å². The van der Waals surface area contributed by atoms with Gasteiger partial charge in [-0.1, -0.05) is 30.7 Å². The maximum absolute atomic E-state index is 6.07. The smallest absolute Gasteiger partial charge is 0.0541 e. The number of hydrogen-bond donors (Lipinski definition) is 1. The molecule has 0 fully saturated rings. The predicted octanol–water partition coefficient (Wildman–Crippen LogP) is 3.43. The van der Waals surface area contributed by atoms with Crippen molar-refractivity contribution in [2.45, 2.75) is 30.0 Å². The van der Waals surface area contributed by atoms with Gasteiger partial charge >= 0.3 is 0 Å². The monoisotopic (exact) mass is 229 g/mol. The van der Waals surface area contributed by atoms with Crippen molar-refractivity contribution < 1.29 is 0 Å². The lowest BCUT2D eigenvalue weighted by Gasteiger charge is -2.19. The fourth-order valence-corrected chi connectivity index (χ4v) is 2.43. The molecule has 0 heterocycles. The molecule has 0 saturated carbocycles. The lowest BCUT2D eigenvalue weighted by Crippen LogP contribution is -2.30. The number of thioether (sulfide) groups is 1. The van der Waals surface area contributed by atoms with E-state index in [0.29, 0.717) is 11.3 Å². The SMILES string of the molecule is CNC(C)C(C)Sc1ccccc1Cl. The van der Waals surface area contributed by atoms with Crippen LogP contribution in [0.2, 0.25) is 5.02 Å². The van der Waals surface area contributed by atoms with Crippen LogP contribution in [0.5, 0.6) is 0 Å². The predicted molar refractivity (Wildman–Crippen MR) is 65.3 cm³/mol. The third-order valence-corrected chi connectivity index (χ3v) is 4.14. The van der Waals surface area contributed by atoms with Gasteiger partial charge in [0.15, 0.2) is 0 Å².